The Morgan fingerprint density at radius 1 is 1.22 bits per heavy atom. The fourth-order valence-corrected chi connectivity index (χ4v) is 4.77. The molecule has 8 nitrogen and oxygen atoms in total. The fourth-order valence-electron chi connectivity index (χ4n) is 4.77. The quantitative estimate of drug-likeness (QED) is 0.560. The van der Waals surface area contributed by atoms with Crippen LogP contribution in [0.4, 0.5) is 24.8 Å². The number of nitrogens with two attached hydrogens (primary N) is 1. The van der Waals surface area contributed by atoms with E-state index < -0.39 is 18.4 Å². The van der Waals surface area contributed by atoms with Crippen LogP contribution in [0.25, 0.3) is 11.3 Å². The highest BCUT2D eigenvalue weighted by molar-refractivity contribution is 5.76. The molecule has 2 fully saturated rings. The normalized spacial score (nSPS) is 21.0. The van der Waals surface area contributed by atoms with E-state index in [-0.39, 0.29) is 36.8 Å². The molecule has 2 unspecified atom stereocenters. The Kier molecular flexibility index (Phi) is 7.94. The van der Waals surface area contributed by atoms with Gasteiger partial charge in [0.2, 0.25) is 0 Å². The minimum absolute atomic E-state index is 0.0977. The summed E-state index contributed by atoms with van der Waals surface area (Å²) in [6.45, 7) is 0.544. The van der Waals surface area contributed by atoms with Crippen molar-refractivity contribution in [1.82, 2.24) is 9.97 Å². The molecule has 3 heterocycles. The molecular formula is C25H29F3N6O2. The van der Waals surface area contributed by atoms with E-state index in [1.165, 1.54) is 30.2 Å². The number of esters is 1. The number of carbonyl (C=O) groups excluding carboxylic acids is 1. The smallest absolute Gasteiger partial charge is 0.435 e. The molecule has 1 saturated heterocycles. The second-order valence-corrected chi connectivity index (χ2v) is 9.30. The van der Waals surface area contributed by atoms with Gasteiger partial charge in [-0.1, -0.05) is 19.3 Å². The molecule has 3 N–H and O–H groups in total. The molecule has 2 aliphatic rings. The van der Waals surface area contributed by atoms with Crippen LogP contribution in [0, 0.1) is 17.2 Å². The Hall–Kier alpha value is -3.39. The number of anilines is 2. The van der Waals surface area contributed by atoms with Gasteiger partial charge in [0.1, 0.15) is 11.6 Å². The standard InChI is InChI=1S/C25H29F3N6O2/c26-25(27,28)24(35)36-23-12-16(14-29)7-9-34(23)22-11-17(15-30)10-20(33-22)18-6-8-31-21(13-18)32-19-4-2-1-3-5-19/h6,8,10-11,13,16,19,23H,1-5,7,9,12,14,29H2,(H,31,32). The third kappa shape index (κ3) is 6.23. The van der Waals surface area contributed by atoms with Crippen LogP contribution >= 0.6 is 0 Å². The van der Waals surface area contributed by atoms with Crippen molar-refractivity contribution >= 4 is 17.6 Å². The van der Waals surface area contributed by atoms with E-state index >= 15 is 0 Å². The SMILES string of the molecule is N#Cc1cc(-c2ccnc(NC3CCCCC3)c2)nc(N2CCC(CN)CC2OC(=O)C(F)(F)F)c1. The van der Waals surface area contributed by atoms with Crippen molar-refractivity contribution in [2.75, 3.05) is 23.3 Å². The summed E-state index contributed by atoms with van der Waals surface area (Å²) in [5, 5.41) is 13.1. The van der Waals surface area contributed by atoms with Gasteiger partial charge in [0.25, 0.3) is 0 Å². The molecule has 0 bridgehead atoms. The molecule has 0 amide bonds. The average Bonchev–Trinajstić information content (AvgIpc) is 2.88. The Morgan fingerprint density at radius 3 is 2.69 bits per heavy atom. The number of rotatable bonds is 6. The van der Waals surface area contributed by atoms with E-state index in [1.54, 1.807) is 18.3 Å². The topological polar surface area (TPSA) is 117 Å². The van der Waals surface area contributed by atoms with Gasteiger partial charge in [-0.15, -0.1) is 0 Å². The van der Waals surface area contributed by atoms with Gasteiger partial charge in [-0.3, -0.25) is 0 Å². The number of pyridine rings is 2. The first kappa shape index (κ1) is 25.7. The lowest BCUT2D eigenvalue weighted by Gasteiger charge is -2.39. The number of nitrogens with one attached hydrogen (secondary N) is 1. The highest BCUT2D eigenvalue weighted by Crippen LogP contribution is 2.32. The summed E-state index contributed by atoms with van der Waals surface area (Å²) in [4.78, 5) is 22.2. The lowest BCUT2D eigenvalue weighted by atomic mass is 9.95. The summed E-state index contributed by atoms with van der Waals surface area (Å²) >= 11 is 0. The van der Waals surface area contributed by atoms with Gasteiger partial charge in [-0.05, 0) is 56.0 Å². The lowest BCUT2D eigenvalue weighted by Crippen LogP contribution is -2.48. The number of nitrogens with zero attached hydrogens (tertiary/aromatic N) is 4. The number of hydrogen-bond donors (Lipinski definition) is 2. The maximum atomic E-state index is 12.9. The third-order valence-corrected chi connectivity index (χ3v) is 6.72. The first-order chi connectivity index (χ1) is 17.3. The number of halogens is 3. The molecule has 0 spiro atoms. The highest BCUT2D eigenvalue weighted by Gasteiger charge is 2.44. The van der Waals surface area contributed by atoms with Crippen molar-refractivity contribution in [3.63, 3.8) is 0 Å². The number of hydrogen-bond acceptors (Lipinski definition) is 8. The van der Waals surface area contributed by atoms with Crippen molar-refractivity contribution in [2.24, 2.45) is 11.7 Å². The van der Waals surface area contributed by atoms with E-state index in [4.69, 9.17) is 10.5 Å². The van der Waals surface area contributed by atoms with Gasteiger partial charge < -0.3 is 20.7 Å². The largest absolute Gasteiger partial charge is 0.491 e. The number of carbonyl (C=O) groups is 1. The minimum atomic E-state index is -5.12. The van der Waals surface area contributed by atoms with Crippen LogP contribution in [-0.4, -0.2) is 47.5 Å². The van der Waals surface area contributed by atoms with Crippen LogP contribution in [0.2, 0.25) is 0 Å². The van der Waals surface area contributed by atoms with Crippen molar-refractivity contribution in [2.45, 2.75) is 63.4 Å². The monoisotopic (exact) mass is 502 g/mol. The zero-order valence-corrected chi connectivity index (χ0v) is 19.8. The van der Waals surface area contributed by atoms with E-state index in [0.717, 1.165) is 12.8 Å². The van der Waals surface area contributed by atoms with Crippen LogP contribution in [-0.2, 0) is 9.53 Å². The molecule has 0 aromatic carbocycles. The predicted octanol–water partition coefficient (Wildman–Crippen LogP) is 4.37. The average molecular weight is 503 g/mol. The summed E-state index contributed by atoms with van der Waals surface area (Å²) < 4.78 is 43.6. The number of aromatic nitrogens is 2. The first-order valence-electron chi connectivity index (χ1n) is 12.2. The van der Waals surface area contributed by atoms with Crippen LogP contribution in [0.5, 0.6) is 0 Å². The maximum Gasteiger partial charge on any atom is 0.491 e. The number of ether oxygens (including phenoxy) is 1. The van der Waals surface area contributed by atoms with Crippen LogP contribution in [0.3, 0.4) is 0 Å². The predicted molar refractivity (Wildman–Crippen MR) is 128 cm³/mol. The summed E-state index contributed by atoms with van der Waals surface area (Å²) in [6, 6.07) is 9.16. The minimum Gasteiger partial charge on any atom is -0.435 e. The molecule has 0 radical (unpaired) electrons. The van der Waals surface area contributed by atoms with E-state index in [9.17, 15) is 23.2 Å². The number of piperidine rings is 1. The van der Waals surface area contributed by atoms with Gasteiger partial charge in [-0.2, -0.15) is 18.4 Å². The molecule has 2 aromatic rings. The lowest BCUT2D eigenvalue weighted by molar-refractivity contribution is -0.206. The Morgan fingerprint density at radius 2 is 2.00 bits per heavy atom. The van der Waals surface area contributed by atoms with Gasteiger partial charge in [0.05, 0.1) is 17.3 Å². The summed E-state index contributed by atoms with van der Waals surface area (Å²) in [5.74, 6) is -1.40. The van der Waals surface area contributed by atoms with E-state index in [1.807, 2.05) is 6.07 Å². The maximum absolute atomic E-state index is 12.9. The molecule has 4 rings (SSSR count). The van der Waals surface area contributed by atoms with Crippen molar-refractivity contribution in [3.05, 3.63) is 36.0 Å². The third-order valence-electron chi connectivity index (χ3n) is 6.72. The highest BCUT2D eigenvalue weighted by atomic mass is 19.4. The molecule has 1 aliphatic heterocycles. The van der Waals surface area contributed by atoms with Crippen molar-refractivity contribution < 1.29 is 22.7 Å². The fraction of sp³-hybridized carbons (Fsp3) is 0.520. The van der Waals surface area contributed by atoms with Gasteiger partial charge in [-0.25, -0.2) is 14.8 Å². The van der Waals surface area contributed by atoms with Gasteiger partial charge in [0.15, 0.2) is 6.23 Å². The van der Waals surface area contributed by atoms with Gasteiger partial charge in [0, 0.05) is 30.8 Å². The summed E-state index contributed by atoms with van der Waals surface area (Å²) in [7, 11) is 0. The second-order valence-electron chi connectivity index (χ2n) is 9.30. The Bertz CT molecular complexity index is 1110. The first-order valence-corrected chi connectivity index (χ1v) is 12.2. The van der Waals surface area contributed by atoms with Crippen molar-refractivity contribution in [1.29, 1.82) is 5.26 Å². The van der Waals surface area contributed by atoms with Crippen LogP contribution < -0.4 is 16.0 Å². The Balaban J connectivity index is 1.63. The van der Waals surface area contributed by atoms with E-state index in [2.05, 4.69) is 21.4 Å². The zero-order valence-electron chi connectivity index (χ0n) is 19.8. The summed E-state index contributed by atoms with van der Waals surface area (Å²) in [6.07, 6.45) is 1.81. The molecule has 1 saturated carbocycles. The van der Waals surface area contributed by atoms with Gasteiger partial charge >= 0.3 is 12.1 Å². The van der Waals surface area contributed by atoms with Crippen molar-refractivity contribution in [3.8, 4) is 17.3 Å². The molecule has 192 valence electrons. The second kappa shape index (κ2) is 11.1. The molecular weight excluding hydrogens is 473 g/mol. The van der Waals surface area contributed by atoms with Crippen LogP contribution in [0.1, 0.15) is 50.5 Å². The molecule has 2 atom stereocenters. The molecule has 2 aromatic heterocycles. The van der Waals surface area contributed by atoms with Crippen LogP contribution in [0.15, 0.2) is 30.5 Å². The summed E-state index contributed by atoms with van der Waals surface area (Å²) in [5.41, 5.74) is 7.21. The molecule has 1 aliphatic carbocycles. The molecule has 36 heavy (non-hydrogen) atoms. The zero-order chi connectivity index (χ0) is 25.7. The Labute approximate surface area is 207 Å². The number of alkyl halides is 3. The molecule has 11 heteroatoms. The number of nitriles is 1. The van der Waals surface area contributed by atoms with E-state index in [0.29, 0.717) is 29.5 Å².